The quantitative estimate of drug-likeness (QED) is 0.480. The molecule has 0 aromatic heterocycles. The summed E-state index contributed by atoms with van der Waals surface area (Å²) in [7, 11) is 6.20. The Morgan fingerprint density at radius 3 is 2.44 bits per heavy atom. The van der Waals surface area contributed by atoms with Gasteiger partial charge in [0.05, 0.1) is 17.8 Å². The second-order valence-corrected chi connectivity index (χ2v) is 9.10. The van der Waals surface area contributed by atoms with Gasteiger partial charge in [-0.3, -0.25) is 4.99 Å². The Balaban J connectivity index is 2.12. The van der Waals surface area contributed by atoms with E-state index in [2.05, 4.69) is 56.3 Å². The van der Waals surface area contributed by atoms with Crippen molar-refractivity contribution >= 4 is 17.3 Å². The van der Waals surface area contributed by atoms with Crippen LogP contribution in [0.25, 0.3) is 0 Å². The fraction of sp³-hybridized carbons (Fsp3) is 0.346. The van der Waals surface area contributed by atoms with Gasteiger partial charge < -0.3 is 20.4 Å². The lowest BCUT2D eigenvalue weighted by atomic mass is 9.91. The van der Waals surface area contributed by atoms with Gasteiger partial charge in [-0.25, -0.2) is 0 Å². The van der Waals surface area contributed by atoms with Crippen molar-refractivity contribution < 1.29 is 0 Å². The highest BCUT2D eigenvalue weighted by molar-refractivity contribution is 6.30. The van der Waals surface area contributed by atoms with E-state index in [0.717, 1.165) is 46.9 Å². The molecule has 0 amide bonds. The predicted octanol–water partition coefficient (Wildman–Crippen LogP) is 4.73. The van der Waals surface area contributed by atoms with Gasteiger partial charge in [-0.2, -0.15) is 0 Å². The van der Waals surface area contributed by atoms with Gasteiger partial charge in [-0.15, -0.1) is 0 Å². The van der Waals surface area contributed by atoms with Gasteiger partial charge in [0.15, 0.2) is 0 Å². The normalized spacial score (nSPS) is 19.6. The van der Waals surface area contributed by atoms with Crippen molar-refractivity contribution in [1.82, 2.24) is 14.7 Å². The highest BCUT2D eigenvalue weighted by atomic mass is 35.5. The van der Waals surface area contributed by atoms with Crippen LogP contribution in [0.4, 0.5) is 0 Å². The predicted molar refractivity (Wildman–Crippen MR) is 137 cm³/mol. The minimum absolute atomic E-state index is 0.165. The minimum atomic E-state index is -0.165. The third kappa shape index (κ3) is 5.00. The Kier molecular flexibility index (Phi) is 7.32. The number of nitrogens with two attached hydrogens (primary N) is 1. The topological polar surface area (TPSA) is 48.1 Å². The summed E-state index contributed by atoms with van der Waals surface area (Å²) in [4.78, 5) is 11.5. The lowest BCUT2D eigenvalue weighted by Crippen LogP contribution is -2.47. The first kappa shape index (κ1) is 23.9. The van der Waals surface area contributed by atoms with Crippen molar-refractivity contribution in [2.24, 2.45) is 10.7 Å². The molecule has 6 heteroatoms. The third-order valence-electron chi connectivity index (χ3n) is 6.17. The molecule has 1 unspecified atom stereocenters. The zero-order chi connectivity index (χ0) is 23.6. The summed E-state index contributed by atoms with van der Waals surface area (Å²) in [6.45, 7) is 14.1. The summed E-state index contributed by atoms with van der Waals surface area (Å²) in [6.07, 6.45) is 5.95. The average molecular weight is 452 g/mol. The summed E-state index contributed by atoms with van der Waals surface area (Å²) in [5.41, 5.74) is 13.3. The minimum Gasteiger partial charge on any atom is -0.398 e. The molecule has 2 aliphatic heterocycles. The summed E-state index contributed by atoms with van der Waals surface area (Å²) >= 11 is 6.21. The van der Waals surface area contributed by atoms with E-state index in [4.69, 9.17) is 22.3 Å². The van der Waals surface area contributed by atoms with E-state index in [9.17, 15) is 0 Å². The average Bonchev–Trinajstić information content (AvgIpc) is 2.74. The molecule has 0 spiro atoms. The molecule has 2 N–H and O–H groups in total. The van der Waals surface area contributed by atoms with Crippen LogP contribution in [-0.4, -0.2) is 60.7 Å². The van der Waals surface area contributed by atoms with Crippen molar-refractivity contribution in [3.63, 3.8) is 0 Å². The zero-order valence-corrected chi connectivity index (χ0v) is 20.5. The maximum Gasteiger partial charge on any atom is 0.0830 e. The van der Waals surface area contributed by atoms with Crippen molar-refractivity contribution in [3.8, 4) is 0 Å². The van der Waals surface area contributed by atoms with Crippen LogP contribution in [0.1, 0.15) is 25.5 Å². The molecule has 1 atom stereocenters. The molecule has 2 heterocycles. The zero-order valence-electron chi connectivity index (χ0n) is 19.8. The summed E-state index contributed by atoms with van der Waals surface area (Å²) in [5, 5.41) is 0.698. The van der Waals surface area contributed by atoms with Crippen molar-refractivity contribution in [1.29, 1.82) is 0 Å². The SMILES string of the molecule is C=CC(N)=C(C(C)=NC1CN(C)C1)C(c1ccc(Cl)cc1)N(C)C1=CN(C)C(=C)C(C)=C1. The number of aliphatic imine (C=N–C) groups is 1. The number of rotatable bonds is 7. The van der Waals surface area contributed by atoms with Gasteiger partial charge in [0, 0.05) is 61.1 Å². The molecule has 32 heavy (non-hydrogen) atoms. The van der Waals surface area contributed by atoms with E-state index in [-0.39, 0.29) is 12.1 Å². The van der Waals surface area contributed by atoms with Crippen LogP contribution < -0.4 is 5.73 Å². The third-order valence-corrected chi connectivity index (χ3v) is 6.42. The van der Waals surface area contributed by atoms with E-state index in [1.54, 1.807) is 6.08 Å². The van der Waals surface area contributed by atoms with Crippen molar-refractivity contribution in [3.05, 3.63) is 94.6 Å². The number of hydrogen-bond donors (Lipinski definition) is 1. The summed E-state index contributed by atoms with van der Waals surface area (Å²) in [5.74, 6) is 0. The molecule has 1 aromatic carbocycles. The van der Waals surface area contributed by atoms with Crippen molar-refractivity contribution in [2.45, 2.75) is 25.9 Å². The molecule has 1 aromatic rings. The Morgan fingerprint density at radius 2 is 1.91 bits per heavy atom. The number of likely N-dealkylation sites (tertiary alicyclic amines) is 1. The molecule has 170 valence electrons. The molecule has 0 bridgehead atoms. The van der Waals surface area contributed by atoms with Crippen molar-refractivity contribution in [2.75, 3.05) is 34.2 Å². The Labute approximate surface area is 197 Å². The number of halogens is 1. The van der Waals surface area contributed by atoms with Crippen LogP contribution in [0.15, 0.2) is 89.0 Å². The fourth-order valence-corrected chi connectivity index (χ4v) is 4.36. The fourth-order valence-electron chi connectivity index (χ4n) is 4.23. The molecular weight excluding hydrogens is 418 g/mol. The van der Waals surface area contributed by atoms with Gasteiger partial charge in [-0.05, 0) is 56.3 Å². The lowest BCUT2D eigenvalue weighted by Gasteiger charge is -2.38. The van der Waals surface area contributed by atoms with Gasteiger partial charge in [-0.1, -0.05) is 36.9 Å². The van der Waals surface area contributed by atoms with Gasteiger partial charge in [0.1, 0.15) is 0 Å². The van der Waals surface area contributed by atoms with E-state index in [0.29, 0.717) is 10.7 Å². The first-order valence-corrected chi connectivity index (χ1v) is 11.2. The van der Waals surface area contributed by atoms with E-state index in [1.165, 1.54) is 0 Å². The van der Waals surface area contributed by atoms with E-state index in [1.807, 2.05) is 43.1 Å². The standard InChI is InChI=1S/C26H34ClN5/c1-8-24(28)25(18(3)29-22-14-30(5)15-22)26(20-9-11-21(27)12-10-20)32(7)23-13-17(2)19(4)31(6)16-23/h8-13,16,22,26H,1,4,14-15,28H2,2-3,5-7H3. The second-order valence-electron chi connectivity index (χ2n) is 8.67. The number of nitrogens with zero attached hydrogens (tertiary/aromatic N) is 4. The highest BCUT2D eigenvalue weighted by Gasteiger charge is 2.30. The molecule has 2 aliphatic rings. The molecule has 5 nitrogen and oxygen atoms in total. The highest BCUT2D eigenvalue weighted by Crippen LogP contribution is 2.36. The number of allylic oxidation sites excluding steroid dienone is 3. The Bertz CT molecular complexity index is 1010. The molecule has 3 rings (SSSR count). The first-order chi connectivity index (χ1) is 15.1. The van der Waals surface area contributed by atoms with Gasteiger partial charge >= 0.3 is 0 Å². The number of hydrogen-bond acceptors (Lipinski definition) is 5. The smallest absolute Gasteiger partial charge is 0.0830 e. The molecule has 0 saturated carbocycles. The molecular formula is C26H34ClN5. The van der Waals surface area contributed by atoms with Crippen LogP contribution in [0, 0.1) is 0 Å². The van der Waals surface area contributed by atoms with Crippen LogP contribution in [0.3, 0.4) is 0 Å². The molecule has 1 fully saturated rings. The molecule has 1 saturated heterocycles. The lowest BCUT2D eigenvalue weighted by molar-refractivity contribution is 0.193. The van der Waals surface area contributed by atoms with Crippen LogP contribution in [0.2, 0.25) is 5.02 Å². The monoisotopic (exact) mass is 451 g/mol. The second kappa shape index (κ2) is 9.80. The van der Waals surface area contributed by atoms with Crippen LogP contribution in [-0.2, 0) is 0 Å². The molecule has 0 radical (unpaired) electrons. The van der Waals surface area contributed by atoms with E-state index < -0.39 is 0 Å². The summed E-state index contributed by atoms with van der Waals surface area (Å²) < 4.78 is 0. The maximum absolute atomic E-state index is 6.55. The number of benzene rings is 1. The van der Waals surface area contributed by atoms with Crippen LogP contribution in [0.5, 0.6) is 0 Å². The summed E-state index contributed by atoms with van der Waals surface area (Å²) in [6, 6.07) is 8.05. The Morgan fingerprint density at radius 1 is 1.28 bits per heavy atom. The first-order valence-electron chi connectivity index (χ1n) is 10.8. The van der Waals surface area contributed by atoms with Gasteiger partial charge in [0.2, 0.25) is 0 Å². The molecule has 0 aliphatic carbocycles. The van der Waals surface area contributed by atoms with Crippen LogP contribution >= 0.6 is 11.6 Å². The maximum atomic E-state index is 6.55. The largest absolute Gasteiger partial charge is 0.398 e. The number of likely N-dealkylation sites (N-methyl/N-ethyl adjacent to an activating group) is 3. The van der Waals surface area contributed by atoms with Gasteiger partial charge in [0.25, 0.3) is 0 Å². The Hall–Kier alpha value is -2.76. The van der Waals surface area contributed by atoms with E-state index >= 15 is 0 Å².